The van der Waals surface area contributed by atoms with Crippen molar-refractivity contribution in [3.05, 3.63) is 29.3 Å². The number of halogens is 1. The van der Waals surface area contributed by atoms with Gasteiger partial charge in [-0.2, -0.15) is 0 Å². The van der Waals surface area contributed by atoms with Crippen LogP contribution in [0.3, 0.4) is 0 Å². The van der Waals surface area contributed by atoms with Crippen LogP contribution in [0.5, 0.6) is 5.75 Å². The van der Waals surface area contributed by atoms with Gasteiger partial charge in [-0.3, -0.25) is 0 Å². The first kappa shape index (κ1) is 9.85. The van der Waals surface area contributed by atoms with Crippen LogP contribution in [-0.4, -0.2) is 7.11 Å². The predicted molar refractivity (Wildman–Crippen MR) is 59.2 cm³/mol. The van der Waals surface area contributed by atoms with Crippen LogP contribution in [0, 0.1) is 5.92 Å². The Bertz CT molecular complexity index is 348. The summed E-state index contributed by atoms with van der Waals surface area (Å²) in [6.07, 6.45) is 0. The van der Waals surface area contributed by atoms with Gasteiger partial charge >= 0.3 is 0 Å². The summed E-state index contributed by atoms with van der Waals surface area (Å²) in [6.45, 7) is 4.41. The van der Waals surface area contributed by atoms with Gasteiger partial charge in [0.15, 0.2) is 0 Å². The second kappa shape index (κ2) is 3.47. The van der Waals surface area contributed by atoms with Gasteiger partial charge in [0.25, 0.3) is 0 Å². The molecule has 3 unspecified atom stereocenters. The SMILES string of the molecule is COc1cccc2c1C(C)C(C)C2Cl. The molecule has 2 heteroatoms. The number of hydrogen-bond acceptors (Lipinski definition) is 1. The molecule has 0 amide bonds. The zero-order valence-electron chi connectivity index (χ0n) is 8.75. The fourth-order valence-corrected chi connectivity index (χ4v) is 2.67. The number of methoxy groups -OCH3 is 1. The summed E-state index contributed by atoms with van der Waals surface area (Å²) in [6, 6.07) is 6.13. The summed E-state index contributed by atoms with van der Waals surface area (Å²) in [7, 11) is 1.72. The van der Waals surface area contributed by atoms with Crippen LogP contribution in [-0.2, 0) is 0 Å². The van der Waals surface area contributed by atoms with E-state index in [-0.39, 0.29) is 5.38 Å². The molecule has 76 valence electrons. The van der Waals surface area contributed by atoms with Crippen LogP contribution < -0.4 is 4.74 Å². The molecule has 2 rings (SSSR count). The van der Waals surface area contributed by atoms with Crippen molar-refractivity contribution < 1.29 is 4.74 Å². The van der Waals surface area contributed by atoms with Crippen molar-refractivity contribution in [3.63, 3.8) is 0 Å². The van der Waals surface area contributed by atoms with E-state index in [1.165, 1.54) is 11.1 Å². The molecule has 0 aromatic heterocycles. The van der Waals surface area contributed by atoms with Crippen LogP contribution >= 0.6 is 11.6 Å². The zero-order chi connectivity index (χ0) is 10.3. The highest BCUT2D eigenvalue weighted by Crippen LogP contribution is 2.51. The van der Waals surface area contributed by atoms with E-state index in [4.69, 9.17) is 16.3 Å². The predicted octanol–water partition coefficient (Wildman–Crippen LogP) is 3.73. The Balaban J connectivity index is 2.57. The topological polar surface area (TPSA) is 9.23 Å². The van der Waals surface area contributed by atoms with Crippen molar-refractivity contribution in [2.75, 3.05) is 7.11 Å². The lowest BCUT2D eigenvalue weighted by molar-refractivity contribution is 0.403. The van der Waals surface area contributed by atoms with E-state index < -0.39 is 0 Å². The van der Waals surface area contributed by atoms with E-state index in [2.05, 4.69) is 19.9 Å². The fourth-order valence-electron chi connectivity index (χ4n) is 2.27. The van der Waals surface area contributed by atoms with Crippen molar-refractivity contribution in [1.82, 2.24) is 0 Å². The maximum atomic E-state index is 6.36. The molecule has 1 aliphatic rings. The van der Waals surface area contributed by atoms with Gasteiger partial charge in [0.2, 0.25) is 0 Å². The summed E-state index contributed by atoms with van der Waals surface area (Å²) in [5.74, 6) is 1.96. The summed E-state index contributed by atoms with van der Waals surface area (Å²) >= 11 is 6.36. The van der Waals surface area contributed by atoms with Crippen molar-refractivity contribution in [2.24, 2.45) is 5.92 Å². The Morgan fingerprint density at radius 3 is 2.64 bits per heavy atom. The molecule has 1 aliphatic carbocycles. The summed E-state index contributed by atoms with van der Waals surface area (Å²) < 4.78 is 5.37. The standard InChI is InChI=1S/C12H15ClO/c1-7-8(2)12(13)9-5-4-6-10(14-3)11(7)9/h4-8,12H,1-3H3. The molecule has 0 heterocycles. The number of rotatable bonds is 1. The second-order valence-corrected chi connectivity index (χ2v) is 4.48. The van der Waals surface area contributed by atoms with Gasteiger partial charge in [-0.1, -0.05) is 26.0 Å². The minimum atomic E-state index is 0.134. The third-order valence-corrected chi connectivity index (χ3v) is 3.96. The number of alkyl halides is 1. The van der Waals surface area contributed by atoms with E-state index >= 15 is 0 Å². The van der Waals surface area contributed by atoms with Crippen LogP contribution in [0.4, 0.5) is 0 Å². The lowest BCUT2D eigenvalue weighted by atomic mass is 9.96. The Morgan fingerprint density at radius 1 is 1.29 bits per heavy atom. The number of benzene rings is 1. The van der Waals surface area contributed by atoms with E-state index in [1.807, 2.05) is 12.1 Å². The monoisotopic (exact) mass is 210 g/mol. The molecule has 1 nitrogen and oxygen atoms in total. The largest absolute Gasteiger partial charge is 0.496 e. The van der Waals surface area contributed by atoms with Gasteiger partial charge in [0.05, 0.1) is 12.5 Å². The summed E-state index contributed by atoms with van der Waals surface area (Å²) in [5, 5.41) is 0.134. The third-order valence-electron chi connectivity index (χ3n) is 3.32. The quantitative estimate of drug-likeness (QED) is 0.642. The van der Waals surface area contributed by atoms with Crippen molar-refractivity contribution in [3.8, 4) is 5.75 Å². The molecule has 0 spiro atoms. The fraction of sp³-hybridized carbons (Fsp3) is 0.500. The lowest BCUT2D eigenvalue weighted by Crippen LogP contribution is -2.01. The molecule has 0 bridgehead atoms. The van der Waals surface area contributed by atoms with Gasteiger partial charge in [-0.25, -0.2) is 0 Å². The molecule has 1 aromatic rings. The van der Waals surface area contributed by atoms with Gasteiger partial charge in [0.1, 0.15) is 5.75 Å². The van der Waals surface area contributed by atoms with Crippen LogP contribution in [0.15, 0.2) is 18.2 Å². The van der Waals surface area contributed by atoms with Crippen molar-refractivity contribution >= 4 is 11.6 Å². The zero-order valence-corrected chi connectivity index (χ0v) is 9.51. The molecule has 3 atom stereocenters. The van der Waals surface area contributed by atoms with Gasteiger partial charge in [0, 0.05) is 5.56 Å². The van der Waals surface area contributed by atoms with Crippen molar-refractivity contribution in [2.45, 2.75) is 25.1 Å². The number of hydrogen-bond donors (Lipinski definition) is 0. The molecule has 0 saturated carbocycles. The van der Waals surface area contributed by atoms with E-state index in [9.17, 15) is 0 Å². The van der Waals surface area contributed by atoms with Gasteiger partial charge in [-0.05, 0) is 23.5 Å². The number of ether oxygens (including phenoxy) is 1. The maximum Gasteiger partial charge on any atom is 0.122 e. The summed E-state index contributed by atoms with van der Waals surface area (Å²) in [4.78, 5) is 0. The van der Waals surface area contributed by atoms with Gasteiger partial charge < -0.3 is 4.74 Å². The molecule has 0 saturated heterocycles. The minimum absolute atomic E-state index is 0.134. The van der Waals surface area contributed by atoms with Crippen LogP contribution in [0.1, 0.15) is 36.3 Å². The van der Waals surface area contributed by atoms with Crippen LogP contribution in [0.25, 0.3) is 0 Å². The first-order valence-corrected chi connectivity index (χ1v) is 5.41. The van der Waals surface area contributed by atoms with Crippen LogP contribution in [0.2, 0.25) is 0 Å². The maximum absolute atomic E-state index is 6.36. The highest BCUT2D eigenvalue weighted by atomic mass is 35.5. The molecule has 0 aliphatic heterocycles. The van der Waals surface area contributed by atoms with Gasteiger partial charge in [-0.15, -0.1) is 11.6 Å². The molecule has 1 aromatic carbocycles. The Hall–Kier alpha value is -0.690. The molecule has 14 heavy (non-hydrogen) atoms. The average Bonchev–Trinajstić information content (AvgIpc) is 2.44. The van der Waals surface area contributed by atoms with E-state index in [1.54, 1.807) is 7.11 Å². The first-order chi connectivity index (χ1) is 6.66. The third kappa shape index (κ3) is 1.23. The average molecular weight is 211 g/mol. The highest BCUT2D eigenvalue weighted by molar-refractivity contribution is 6.21. The lowest BCUT2D eigenvalue weighted by Gasteiger charge is -2.13. The number of fused-ring (bicyclic) bond motifs is 1. The highest BCUT2D eigenvalue weighted by Gasteiger charge is 2.35. The molecule has 0 radical (unpaired) electrons. The molecular weight excluding hydrogens is 196 g/mol. The van der Waals surface area contributed by atoms with Crippen molar-refractivity contribution in [1.29, 1.82) is 0 Å². The molecular formula is C12H15ClO. The first-order valence-electron chi connectivity index (χ1n) is 4.97. The minimum Gasteiger partial charge on any atom is -0.496 e. The molecule has 0 N–H and O–H groups in total. The second-order valence-electron chi connectivity index (χ2n) is 4.01. The van der Waals surface area contributed by atoms with E-state index in [0.29, 0.717) is 11.8 Å². The smallest absolute Gasteiger partial charge is 0.122 e. The Labute approximate surface area is 90.0 Å². The van der Waals surface area contributed by atoms with E-state index in [0.717, 1.165) is 5.75 Å². The Kier molecular flexibility index (Phi) is 2.44. The Morgan fingerprint density at radius 2 is 2.00 bits per heavy atom. The summed E-state index contributed by atoms with van der Waals surface area (Å²) in [5.41, 5.74) is 2.54. The molecule has 0 fully saturated rings. The normalized spacial score (nSPS) is 30.1.